The van der Waals surface area contributed by atoms with Crippen LogP contribution in [0.15, 0.2) is 76.4 Å². The fraction of sp³-hybridized carbons (Fsp3) is 0.160. The van der Waals surface area contributed by atoms with Crippen LogP contribution in [0.1, 0.15) is 27.3 Å². The molecular weight excluding hydrogens is 454 g/mol. The number of hydrogen-bond donors (Lipinski definition) is 2. The summed E-state index contributed by atoms with van der Waals surface area (Å²) in [6, 6.07) is 18.6. The lowest BCUT2D eigenvalue weighted by molar-refractivity contribution is 0.0951. The molecule has 8 nitrogen and oxygen atoms in total. The van der Waals surface area contributed by atoms with Crippen LogP contribution in [0.25, 0.3) is 10.9 Å². The van der Waals surface area contributed by atoms with E-state index < -0.39 is 9.84 Å². The lowest BCUT2D eigenvalue weighted by atomic mass is 10.1. The van der Waals surface area contributed by atoms with Crippen LogP contribution in [0.5, 0.6) is 5.75 Å². The molecule has 1 aromatic heterocycles. The van der Waals surface area contributed by atoms with Crippen molar-refractivity contribution in [3.05, 3.63) is 99.6 Å². The number of fused-ring (bicyclic) bond motifs is 1. The molecule has 1 amide bonds. The van der Waals surface area contributed by atoms with E-state index in [1.54, 1.807) is 31.4 Å². The zero-order chi connectivity index (χ0) is 24.3. The van der Waals surface area contributed by atoms with Crippen molar-refractivity contribution >= 4 is 26.6 Å². The Morgan fingerprint density at radius 1 is 1.00 bits per heavy atom. The molecule has 34 heavy (non-hydrogen) atoms. The summed E-state index contributed by atoms with van der Waals surface area (Å²) < 4.78 is 28.4. The predicted molar refractivity (Wildman–Crippen MR) is 129 cm³/mol. The molecule has 0 aliphatic rings. The number of carbonyl (C=O) groups is 1. The molecule has 0 radical (unpaired) electrons. The van der Waals surface area contributed by atoms with Gasteiger partial charge < -0.3 is 15.0 Å². The molecule has 1 heterocycles. The summed E-state index contributed by atoms with van der Waals surface area (Å²) in [6.07, 6.45) is 1.48. The topological polar surface area (TPSA) is 118 Å². The first-order chi connectivity index (χ1) is 16.2. The molecule has 0 aliphatic carbocycles. The van der Waals surface area contributed by atoms with Crippen molar-refractivity contribution in [2.75, 3.05) is 13.4 Å². The highest BCUT2D eigenvalue weighted by Gasteiger charge is 2.11. The number of aromatic amines is 1. The average Bonchev–Trinajstić information content (AvgIpc) is 2.82. The van der Waals surface area contributed by atoms with Gasteiger partial charge in [0.05, 0.1) is 22.9 Å². The van der Waals surface area contributed by atoms with Crippen LogP contribution < -0.4 is 15.6 Å². The Bertz CT molecular complexity index is 1510. The van der Waals surface area contributed by atoms with Gasteiger partial charge >= 0.3 is 0 Å². The van der Waals surface area contributed by atoms with Crippen LogP contribution >= 0.6 is 0 Å². The second-order valence-corrected chi connectivity index (χ2v) is 9.88. The number of carbonyl (C=O) groups excluding carboxylic acids is 1. The van der Waals surface area contributed by atoms with Crippen molar-refractivity contribution in [1.29, 1.82) is 0 Å². The standard InChI is InChI=1S/C25H23N3O5S/c1-33-19-8-3-17(4-9-19)15-26-24(29)18-7-12-22-21(14-18)25(30)28-23(27-22)13-16-5-10-20(11-6-16)34(2,31)32/h3-12,14H,13,15H2,1-2H3,(H,26,29)(H,27,28,30). The Kier molecular flexibility index (Phi) is 6.47. The largest absolute Gasteiger partial charge is 0.497 e. The average molecular weight is 478 g/mol. The maximum atomic E-state index is 12.7. The van der Waals surface area contributed by atoms with Crippen LogP contribution in [0.3, 0.4) is 0 Å². The van der Waals surface area contributed by atoms with Crippen LogP contribution in [-0.2, 0) is 22.8 Å². The Morgan fingerprint density at radius 3 is 2.32 bits per heavy atom. The van der Waals surface area contributed by atoms with E-state index in [0.29, 0.717) is 35.3 Å². The van der Waals surface area contributed by atoms with Gasteiger partial charge in [-0.15, -0.1) is 0 Å². The first-order valence-corrected chi connectivity index (χ1v) is 12.3. The number of H-pyrrole nitrogens is 1. The molecule has 174 valence electrons. The summed E-state index contributed by atoms with van der Waals surface area (Å²) in [7, 11) is -1.68. The van der Waals surface area contributed by atoms with Crippen LogP contribution in [0, 0.1) is 0 Å². The van der Waals surface area contributed by atoms with Gasteiger partial charge in [-0.2, -0.15) is 0 Å². The molecule has 0 bridgehead atoms. The van der Waals surface area contributed by atoms with E-state index in [-0.39, 0.29) is 16.4 Å². The van der Waals surface area contributed by atoms with Crippen molar-refractivity contribution in [2.24, 2.45) is 0 Å². The first-order valence-electron chi connectivity index (χ1n) is 10.5. The molecule has 0 saturated heterocycles. The van der Waals surface area contributed by atoms with E-state index in [9.17, 15) is 18.0 Å². The van der Waals surface area contributed by atoms with Gasteiger partial charge in [0.1, 0.15) is 11.6 Å². The summed E-state index contributed by atoms with van der Waals surface area (Å²) in [5.74, 6) is 0.884. The number of amides is 1. The van der Waals surface area contributed by atoms with Crippen molar-refractivity contribution < 1.29 is 17.9 Å². The summed E-state index contributed by atoms with van der Waals surface area (Å²) >= 11 is 0. The third-order valence-corrected chi connectivity index (χ3v) is 6.48. The molecule has 4 rings (SSSR count). The molecule has 0 spiro atoms. The number of aromatic nitrogens is 2. The number of ether oxygens (including phenoxy) is 1. The number of nitrogens with one attached hydrogen (secondary N) is 2. The van der Waals surface area contributed by atoms with Gasteiger partial charge in [0.25, 0.3) is 11.5 Å². The summed E-state index contributed by atoms with van der Waals surface area (Å²) in [5, 5.41) is 3.15. The highest BCUT2D eigenvalue weighted by Crippen LogP contribution is 2.15. The number of nitrogens with zero attached hydrogens (tertiary/aromatic N) is 1. The number of methoxy groups -OCH3 is 1. The minimum absolute atomic E-state index is 0.231. The van der Waals surface area contributed by atoms with Gasteiger partial charge in [0, 0.05) is 24.8 Å². The van der Waals surface area contributed by atoms with E-state index in [4.69, 9.17) is 4.74 Å². The zero-order valence-corrected chi connectivity index (χ0v) is 19.5. The summed E-state index contributed by atoms with van der Waals surface area (Å²) in [6.45, 7) is 0.340. The van der Waals surface area contributed by atoms with Crippen molar-refractivity contribution in [2.45, 2.75) is 17.9 Å². The maximum absolute atomic E-state index is 12.7. The predicted octanol–water partition coefficient (Wildman–Crippen LogP) is 2.86. The Morgan fingerprint density at radius 2 is 1.68 bits per heavy atom. The van der Waals surface area contributed by atoms with Crippen LogP contribution in [0.2, 0.25) is 0 Å². The second-order valence-electron chi connectivity index (χ2n) is 7.87. The lowest BCUT2D eigenvalue weighted by Crippen LogP contribution is -2.23. The highest BCUT2D eigenvalue weighted by atomic mass is 32.2. The van der Waals surface area contributed by atoms with Gasteiger partial charge in [0.15, 0.2) is 9.84 Å². The first kappa shape index (κ1) is 23.2. The van der Waals surface area contributed by atoms with E-state index >= 15 is 0 Å². The quantitative estimate of drug-likeness (QED) is 0.423. The lowest BCUT2D eigenvalue weighted by Gasteiger charge is -2.08. The molecule has 0 atom stereocenters. The molecule has 0 aliphatic heterocycles. The van der Waals surface area contributed by atoms with Gasteiger partial charge in [-0.25, -0.2) is 13.4 Å². The van der Waals surface area contributed by atoms with Crippen molar-refractivity contribution in [3.8, 4) is 5.75 Å². The van der Waals surface area contributed by atoms with Crippen LogP contribution in [-0.4, -0.2) is 37.7 Å². The number of sulfone groups is 1. The Labute approximate surface area is 196 Å². The molecule has 3 aromatic carbocycles. The highest BCUT2D eigenvalue weighted by molar-refractivity contribution is 7.90. The molecule has 2 N–H and O–H groups in total. The SMILES string of the molecule is COc1ccc(CNC(=O)c2ccc3nc(Cc4ccc(S(C)(=O)=O)cc4)[nH]c(=O)c3c2)cc1. The van der Waals surface area contributed by atoms with Gasteiger partial charge in [-0.3, -0.25) is 9.59 Å². The van der Waals surface area contributed by atoms with Crippen molar-refractivity contribution in [1.82, 2.24) is 15.3 Å². The minimum Gasteiger partial charge on any atom is -0.497 e. The number of benzene rings is 3. The zero-order valence-electron chi connectivity index (χ0n) is 18.7. The fourth-order valence-electron chi connectivity index (χ4n) is 3.49. The molecule has 9 heteroatoms. The van der Waals surface area contributed by atoms with Gasteiger partial charge in [-0.05, 0) is 53.6 Å². The van der Waals surface area contributed by atoms with Gasteiger partial charge in [0.2, 0.25) is 0 Å². The minimum atomic E-state index is -3.27. The second kappa shape index (κ2) is 9.48. The maximum Gasteiger partial charge on any atom is 0.258 e. The van der Waals surface area contributed by atoms with Crippen LogP contribution in [0.4, 0.5) is 0 Å². The molecule has 0 saturated carbocycles. The molecule has 4 aromatic rings. The van der Waals surface area contributed by atoms with E-state index in [0.717, 1.165) is 23.1 Å². The van der Waals surface area contributed by atoms with Crippen molar-refractivity contribution in [3.63, 3.8) is 0 Å². The molecule has 0 unspecified atom stereocenters. The normalized spacial score (nSPS) is 11.4. The van der Waals surface area contributed by atoms with E-state index in [2.05, 4.69) is 15.3 Å². The summed E-state index contributed by atoms with van der Waals surface area (Å²) in [5.41, 5.74) is 2.21. The molecular formula is C25H23N3O5S. The fourth-order valence-corrected chi connectivity index (χ4v) is 4.12. The summed E-state index contributed by atoms with van der Waals surface area (Å²) in [4.78, 5) is 32.7. The van der Waals surface area contributed by atoms with E-state index in [1.807, 2.05) is 24.3 Å². The number of rotatable bonds is 7. The Hall–Kier alpha value is -3.98. The van der Waals surface area contributed by atoms with E-state index in [1.165, 1.54) is 18.2 Å². The third-order valence-electron chi connectivity index (χ3n) is 5.35. The Balaban J connectivity index is 1.49. The monoisotopic (exact) mass is 477 g/mol. The third kappa shape index (κ3) is 5.32. The van der Waals surface area contributed by atoms with Gasteiger partial charge in [-0.1, -0.05) is 24.3 Å². The number of hydrogen-bond acceptors (Lipinski definition) is 6. The smallest absolute Gasteiger partial charge is 0.258 e. The molecule has 0 fully saturated rings.